The van der Waals surface area contributed by atoms with Crippen LogP contribution in [0.4, 0.5) is 0 Å². The zero-order valence-corrected chi connectivity index (χ0v) is 7.73. The Hall–Kier alpha value is -1.85. The first-order valence-electron chi connectivity index (χ1n) is 4.17. The third-order valence-corrected chi connectivity index (χ3v) is 1.69. The Labute approximate surface area is 80.3 Å². The monoisotopic (exact) mass is 197 g/mol. The van der Waals surface area contributed by atoms with Crippen LogP contribution in [0.15, 0.2) is 6.07 Å². The normalized spacial score (nSPS) is 10.1. The van der Waals surface area contributed by atoms with E-state index in [1.165, 1.54) is 10.7 Å². The highest BCUT2D eigenvalue weighted by Gasteiger charge is 2.15. The lowest BCUT2D eigenvalue weighted by molar-refractivity contribution is 0.0689. The molecule has 0 fully saturated rings. The number of carbonyl (C=O) groups excluding carboxylic acids is 1. The van der Waals surface area contributed by atoms with Crippen molar-refractivity contribution in [3.63, 3.8) is 0 Å². The molecular formula is C8H11N3O3. The molecule has 0 aliphatic rings. The largest absolute Gasteiger partial charge is 0.476 e. The van der Waals surface area contributed by atoms with Crippen LogP contribution in [-0.4, -0.2) is 26.8 Å². The summed E-state index contributed by atoms with van der Waals surface area (Å²) in [5.41, 5.74) is 5.03. The van der Waals surface area contributed by atoms with Crippen molar-refractivity contribution in [2.45, 2.75) is 19.9 Å². The standard InChI is InChI=1S/C8H11N3O3/c1-2-3-11-6(7(9)12)4-5(10-11)8(13)14/h4H,2-3H2,1H3,(H2,9,12)(H,13,14). The minimum absolute atomic E-state index is 0.129. The van der Waals surface area contributed by atoms with Crippen molar-refractivity contribution in [1.82, 2.24) is 9.78 Å². The Bertz CT molecular complexity index is 370. The van der Waals surface area contributed by atoms with Gasteiger partial charge in [0.25, 0.3) is 5.91 Å². The van der Waals surface area contributed by atoms with Crippen molar-refractivity contribution < 1.29 is 14.7 Å². The Morgan fingerprint density at radius 2 is 2.29 bits per heavy atom. The summed E-state index contributed by atoms with van der Waals surface area (Å²) in [5.74, 6) is -1.83. The highest BCUT2D eigenvalue weighted by Crippen LogP contribution is 2.04. The van der Waals surface area contributed by atoms with Crippen LogP contribution >= 0.6 is 0 Å². The molecule has 1 rings (SSSR count). The molecule has 0 radical (unpaired) electrons. The summed E-state index contributed by atoms with van der Waals surface area (Å²) in [6.45, 7) is 2.37. The average molecular weight is 197 g/mol. The molecule has 0 aromatic carbocycles. The molecule has 0 saturated carbocycles. The molecule has 14 heavy (non-hydrogen) atoms. The van der Waals surface area contributed by atoms with E-state index in [9.17, 15) is 9.59 Å². The maximum atomic E-state index is 10.9. The molecule has 6 nitrogen and oxygen atoms in total. The van der Waals surface area contributed by atoms with Gasteiger partial charge in [-0.3, -0.25) is 9.48 Å². The molecule has 0 bridgehead atoms. The summed E-state index contributed by atoms with van der Waals surface area (Å²) >= 11 is 0. The second kappa shape index (κ2) is 3.91. The van der Waals surface area contributed by atoms with Crippen LogP contribution in [0, 0.1) is 0 Å². The molecule has 0 atom stereocenters. The first-order valence-corrected chi connectivity index (χ1v) is 4.17. The Balaban J connectivity index is 3.12. The predicted octanol–water partition coefficient (Wildman–Crippen LogP) is 0.0902. The molecular weight excluding hydrogens is 186 g/mol. The number of carbonyl (C=O) groups is 2. The number of aryl methyl sites for hydroxylation is 1. The summed E-state index contributed by atoms with van der Waals surface area (Å²) < 4.78 is 1.31. The fourth-order valence-corrected chi connectivity index (χ4v) is 1.10. The van der Waals surface area contributed by atoms with Crippen LogP contribution in [-0.2, 0) is 6.54 Å². The van der Waals surface area contributed by atoms with Gasteiger partial charge in [0.2, 0.25) is 0 Å². The first kappa shape index (κ1) is 10.2. The number of carboxylic acids is 1. The van der Waals surface area contributed by atoms with Gasteiger partial charge in [-0.1, -0.05) is 6.92 Å². The second-order valence-electron chi connectivity index (χ2n) is 2.81. The van der Waals surface area contributed by atoms with Crippen LogP contribution < -0.4 is 5.73 Å². The van der Waals surface area contributed by atoms with Crippen LogP contribution in [0.3, 0.4) is 0 Å². The van der Waals surface area contributed by atoms with E-state index in [2.05, 4.69) is 5.10 Å². The third-order valence-electron chi connectivity index (χ3n) is 1.69. The van der Waals surface area contributed by atoms with E-state index in [-0.39, 0.29) is 11.4 Å². The average Bonchev–Trinajstić information content (AvgIpc) is 2.49. The Kier molecular flexibility index (Phi) is 2.85. The number of hydrogen-bond donors (Lipinski definition) is 2. The molecule has 1 aromatic rings. The number of aromatic carboxylic acids is 1. The topological polar surface area (TPSA) is 98.2 Å². The highest BCUT2D eigenvalue weighted by atomic mass is 16.4. The van der Waals surface area contributed by atoms with E-state index in [1.807, 2.05) is 6.92 Å². The zero-order chi connectivity index (χ0) is 10.7. The maximum absolute atomic E-state index is 10.9. The number of amides is 1. The zero-order valence-electron chi connectivity index (χ0n) is 7.73. The number of nitrogens with two attached hydrogens (primary N) is 1. The molecule has 1 aromatic heterocycles. The van der Waals surface area contributed by atoms with Crippen molar-refractivity contribution in [3.8, 4) is 0 Å². The summed E-state index contributed by atoms with van der Waals surface area (Å²) in [4.78, 5) is 21.5. The van der Waals surface area contributed by atoms with E-state index < -0.39 is 11.9 Å². The van der Waals surface area contributed by atoms with Crippen molar-refractivity contribution in [3.05, 3.63) is 17.5 Å². The number of hydrogen-bond acceptors (Lipinski definition) is 3. The van der Waals surface area contributed by atoms with Gasteiger partial charge >= 0.3 is 5.97 Å². The predicted molar refractivity (Wildman–Crippen MR) is 48.0 cm³/mol. The lowest BCUT2D eigenvalue weighted by atomic mass is 10.3. The van der Waals surface area contributed by atoms with Gasteiger partial charge in [-0.15, -0.1) is 0 Å². The summed E-state index contributed by atoms with van der Waals surface area (Å²) in [6, 6.07) is 1.18. The number of carboxylic acid groups (broad SMARTS) is 1. The molecule has 1 heterocycles. The van der Waals surface area contributed by atoms with Gasteiger partial charge in [0.05, 0.1) is 0 Å². The number of primary amides is 1. The van der Waals surface area contributed by atoms with Crippen LogP contribution in [0.25, 0.3) is 0 Å². The van der Waals surface area contributed by atoms with Gasteiger partial charge in [0.1, 0.15) is 5.69 Å². The molecule has 0 aliphatic heterocycles. The summed E-state index contributed by atoms with van der Waals surface area (Å²) in [6.07, 6.45) is 0.751. The minimum atomic E-state index is -1.16. The minimum Gasteiger partial charge on any atom is -0.476 e. The Morgan fingerprint density at radius 3 is 2.71 bits per heavy atom. The molecule has 0 unspecified atom stereocenters. The smallest absolute Gasteiger partial charge is 0.356 e. The molecule has 3 N–H and O–H groups in total. The number of rotatable bonds is 4. The molecule has 6 heteroatoms. The lowest BCUT2D eigenvalue weighted by Gasteiger charge is -2.00. The second-order valence-corrected chi connectivity index (χ2v) is 2.81. The van der Waals surface area contributed by atoms with Gasteiger partial charge in [0.15, 0.2) is 5.69 Å². The summed E-state index contributed by atoms with van der Waals surface area (Å²) in [7, 11) is 0. The van der Waals surface area contributed by atoms with Gasteiger partial charge in [-0.2, -0.15) is 5.10 Å². The SMILES string of the molecule is CCCn1nc(C(=O)O)cc1C(N)=O. The van der Waals surface area contributed by atoms with E-state index >= 15 is 0 Å². The molecule has 0 spiro atoms. The van der Waals surface area contributed by atoms with Gasteiger partial charge in [0, 0.05) is 12.6 Å². The van der Waals surface area contributed by atoms with Crippen LogP contribution in [0.2, 0.25) is 0 Å². The molecule has 76 valence electrons. The van der Waals surface area contributed by atoms with E-state index in [0.717, 1.165) is 6.42 Å². The quantitative estimate of drug-likeness (QED) is 0.714. The number of nitrogens with zero attached hydrogens (tertiary/aromatic N) is 2. The van der Waals surface area contributed by atoms with Gasteiger partial charge < -0.3 is 10.8 Å². The number of aromatic nitrogens is 2. The van der Waals surface area contributed by atoms with Gasteiger partial charge in [-0.25, -0.2) is 4.79 Å². The third kappa shape index (κ3) is 1.90. The van der Waals surface area contributed by atoms with Crippen LogP contribution in [0.5, 0.6) is 0 Å². The van der Waals surface area contributed by atoms with Crippen molar-refractivity contribution in [1.29, 1.82) is 0 Å². The van der Waals surface area contributed by atoms with Crippen molar-refractivity contribution in [2.75, 3.05) is 0 Å². The highest BCUT2D eigenvalue weighted by molar-refractivity contribution is 5.94. The molecule has 1 amide bonds. The summed E-state index contributed by atoms with van der Waals surface area (Å²) in [5, 5.41) is 12.4. The maximum Gasteiger partial charge on any atom is 0.356 e. The first-order chi connectivity index (χ1) is 6.56. The lowest BCUT2D eigenvalue weighted by Crippen LogP contribution is -2.17. The van der Waals surface area contributed by atoms with E-state index in [0.29, 0.717) is 6.54 Å². The molecule has 0 saturated heterocycles. The van der Waals surface area contributed by atoms with E-state index in [4.69, 9.17) is 10.8 Å². The fourth-order valence-electron chi connectivity index (χ4n) is 1.10. The van der Waals surface area contributed by atoms with Crippen molar-refractivity contribution >= 4 is 11.9 Å². The Morgan fingerprint density at radius 1 is 1.64 bits per heavy atom. The fraction of sp³-hybridized carbons (Fsp3) is 0.375. The van der Waals surface area contributed by atoms with Crippen LogP contribution in [0.1, 0.15) is 34.3 Å². The molecule has 0 aliphatic carbocycles. The van der Waals surface area contributed by atoms with Gasteiger partial charge in [-0.05, 0) is 6.42 Å². The van der Waals surface area contributed by atoms with E-state index in [1.54, 1.807) is 0 Å². The van der Waals surface area contributed by atoms with Crippen molar-refractivity contribution in [2.24, 2.45) is 5.73 Å².